The highest BCUT2D eigenvalue weighted by Gasteiger charge is 2.36. The van der Waals surface area contributed by atoms with E-state index in [0.29, 0.717) is 0 Å². The lowest BCUT2D eigenvalue weighted by Gasteiger charge is -2.43. The number of hydrogen-bond acceptors (Lipinski definition) is 1. The van der Waals surface area contributed by atoms with E-state index in [1.807, 2.05) is 0 Å². The lowest BCUT2D eigenvalue weighted by molar-refractivity contribution is 0.131. The normalized spacial score (nSPS) is 27.4. The molecule has 1 aliphatic heterocycles. The first-order valence-electron chi connectivity index (χ1n) is 7.21. The Hall–Kier alpha value is -1.28. The molecule has 2 heterocycles. The van der Waals surface area contributed by atoms with Gasteiger partial charge in [-0.25, -0.2) is 0 Å². The van der Waals surface area contributed by atoms with Crippen molar-refractivity contribution in [2.24, 2.45) is 0 Å². The highest BCUT2D eigenvalue weighted by atomic mass is 15.2. The summed E-state index contributed by atoms with van der Waals surface area (Å²) in [7, 11) is 0. The maximum atomic E-state index is 3.44. The molecule has 0 spiro atoms. The van der Waals surface area contributed by atoms with Gasteiger partial charge < -0.3 is 4.98 Å². The Morgan fingerprint density at radius 3 is 3.22 bits per heavy atom. The van der Waals surface area contributed by atoms with Crippen LogP contribution in [0, 0.1) is 0 Å². The van der Waals surface area contributed by atoms with Crippen LogP contribution in [-0.4, -0.2) is 29.0 Å². The fourth-order valence-corrected chi connectivity index (χ4v) is 4.13. The van der Waals surface area contributed by atoms with Crippen LogP contribution in [0.15, 0.2) is 24.4 Å². The standard InChI is InChI=1S/C16H20N2/c1-2-18-8-4-6-12-13-5-3-7-14-16(13)11(10-17-14)9-15(12)18/h3,5,7,10,12,15,17H,2,4,6,8-9H2,1H3. The summed E-state index contributed by atoms with van der Waals surface area (Å²) >= 11 is 0. The fourth-order valence-electron chi connectivity index (χ4n) is 4.13. The van der Waals surface area contributed by atoms with E-state index in [1.165, 1.54) is 48.8 Å². The predicted octanol–water partition coefficient (Wildman–Crippen LogP) is 3.29. The van der Waals surface area contributed by atoms with Gasteiger partial charge in [-0.05, 0) is 49.5 Å². The van der Waals surface area contributed by atoms with Crippen molar-refractivity contribution in [3.05, 3.63) is 35.5 Å². The summed E-state index contributed by atoms with van der Waals surface area (Å²) in [6, 6.07) is 7.52. The van der Waals surface area contributed by atoms with E-state index in [-0.39, 0.29) is 0 Å². The maximum absolute atomic E-state index is 3.44. The Kier molecular flexibility index (Phi) is 2.28. The number of piperidine rings is 1. The van der Waals surface area contributed by atoms with Crippen LogP contribution in [-0.2, 0) is 6.42 Å². The van der Waals surface area contributed by atoms with Crippen molar-refractivity contribution in [3.63, 3.8) is 0 Å². The van der Waals surface area contributed by atoms with Gasteiger partial charge in [-0.3, -0.25) is 4.90 Å². The van der Waals surface area contributed by atoms with Crippen LogP contribution < -0.4 is 0 Å². The van der Waals surface area contributed by atoms with Crippen LogP contribution in [0.5, 0.6) is 0 Å². The van der Waals surface area contributed by atoms with E-state index in [0.717, 1.165) is 12.0 Å². The number of aromatic amines is 1. The minimum absolute atomic E-state index is 0.734. The Morgan fingerprint density at radius 1 is 1.39 bits per heavy atom. The number of rotatable bonds is 1. The molecular formula is C16H20N2. The zero-order valence-corrected chi connectivity index (χ0v) is 10.9. The number of fused-ring (bicyclic) bond motifs is 2. The van der Waals surface area contributed by atoms with Gasteiger partial charge in [-0.15, -0.1) is 0 Å². The van der Waals surface area contributed by atoms with Crippen molar-refractivity contribution in [2.75, 3.05) is 13.1 Å². The number of likely N-dealkylation sites (N-methyl/N-ethyl adjacent to an activating group) is 1. The molecule has 2 atom stereocenters. The van der Waals surface area contributed by atoms with Gasteiger partial charge in [-0.2, -0.15) is 0 Å². The first-order chi connectivity index (χ1) is 8.88. The van der Waals surface area contributed by atoms with Gasteiger partial charge in [-0.1, -0.05) is 19.1 Å². The van der Waals surface area contributed by atoms with Crippen LogP contribution in [0.3, 0.4) is 0 Å². The summed E-state index contributed by atoms with van der Waals surface area (Å²) in [6.07, 6.45) is 6.18. The summed E-state index contributed by atoms with van der Waals surface area (Å²) in [6.45, 7) is 4.78. The third-order valence-corrected chi connectivity index (χ3v) is 4.95. The molecule has 2 aromatic rings. The van der Waals surface area contributed by atoms with E-state index in [4.69, 9.17) is 0 Å². The highest BCUT2D eigenvalue weighted by Crippen LogP contribution is 2.43. The molecule has 0 saturated carbocycles. The van der Waals surface area contributed by atoms with Crippen LogP contribution in [0.2, 0.25) is 0 Å². The Balaban J connectivity index is 1.89. The fraction of sp³-hybridized carbons (Fsp3) is 0.500. The van der Waals surface area contributed by atoms with Crippen molar-refractivity contribution in [1.82, 2.24) is 9.88 Å². The average molecular weight is 240 g/mol. The second-order valence-corrected chi connectivity index (χ2v) is 5.73. The van der Waals surface area contributed by atoms with Crippen LogP contribution in [0.4, 0.5) is 0 Å². The van der Waals surface area contributed by atoms with Crippen molar-refractivity contribution in [3.8, 4) is 0 Å². The second kappa shape index (κ2) is 3.86. The second-order valence-electron chi connectivity index (χ2n) is 5.73. The minimum Gasteiger partial charge on any atom is -0.361 e. The largest absolute Gasteiger partial charge is 0.361 e. The molecule has 1 aromatic carbocycles. The maximum Gasteiger partial charge on any atom is 0.0459 e. The number of nitrogens with zero attached hydrogens (tertiary/aromatic N) is 1. The lowest BCUT2D eigenvalue weighted by Crippen LogP contribution is -2.46. The molecule has 2 nitrogen and oxygen atoms in total. The van der Waals surface area contributed by atoms with Crippen molar-refractivity contribution in [2.45, 2.75) is 38.1 Å². The van der Waals surface area contributed by atoms with Gasteiger partial charge in [0.15, 0.2) is 0 Å². The molecular weight excluding hydrogens is 220 g/mol. The highest BCUT2D eigenvalue weighted by molar-refractivity contribution is 5.88. The Labute approximate surface area is 108 Å². The monoisotopic (exact) mass is 240 g/mol. The number of nitrogens with one attached hydrogen (secondary N) is 1. The third-order valence-electron chi connectivity index (χ3n) is 4.95. The van der Waals surface area contributed by atoms with E-state index >= 15 is 0 Å². The molecule has 1 aliphatic carbocycles. The molecule has 94 valence electrons. The van der Waals surface area contributed by atoms with Crippen LogP contribution >= 0.6 is 0 Å². The summed E-state index contributed by atoms with van der Waals surface area (Å²) in [5.41, 5.74) is 4.45. The molecule has 1 fully saturated rings. The van der Waals surface area contributed by atoms with E-state index in [2.05, 4.69) is 41.2 Å². The first-order valence-corrected chi connectivity index (χ1v) is 7.21. The summed E-state index contributed by atoms with van der Waals surface area (Å²) in [4.78, 5) is 6.13. The molecule has 0 amide bonds. The summed E-state index contributed by atoms with van der Waals surface area (Å²) < 4.78 is 0. The zero-order valence-electron chi connectivity index (χ0n) is 10.9. The molecule has 2 heteroatoms. The topological polar surface area (TPSA) is 19.0 Å². The van der Waals surface area contributed by atoms with Gasteiger partial charge in [0.1, 0.15) is 0 Å². The van der Waals surface area contributed by atoms with Crippen molar-refractivity contribution in [1.29, 1.82) is 0 Å². The summed E-state index contributed by atoms with van der Waals surface area (Å²) in [5, 5.41) is 1.52. The molecule has 2 aliphatic rings. The van der Waals surface area contributed by atoms with Gasteiger partial charge in [0.25, 0.3) is 0 Å². The molecule has 18 heavy (non-hydrogen) atoms. The number of H-pyrrole nitrogens is 1. The predicted molar refractivity (Wildman–Crippen MR) is 75.0 cm³/mol. The van der Waals surface area contributed by atoms with Gasteiger partial charge in [0.2, 0.25) is 0 Å². The number of likely N-dealkylation sites (tertiary alicyclic amines) is 1. The number of hydrogen-bond donors (Lipinski definition) is 1. The molecule has 0 radical (unpaired) electrons. The molecule has 1 N–H and O–H groups in total. The van der Waals surface area contributed by atoms with Crippen LogP contribution in [0.1, 0.15) is 36.8 Å². The first kappa shape index (κ1) is 10.6. The van der Waals surface area contributed by atoms with Gasteiger partial charge in [0, 0.05) is 29.1 Å². The van der Waals surface area contributed by atoms with E-state index in [9.17, 15) is 0 Å². The van der Waals surface area contributed by atoms with Crippen molar-refractivity contribution < 1.29 is 0 Å². The zero-order chi connectivity index (χ0) is 12.1. The number of benzene rings is 1. The Morgan fingerprint density at radius 2 is 2.33 bits per heavy atom. The smallest absolute Gasteiger partial charge is 0.0459 e. The molecule has 4 rings (SSSR count). The lowest BCUT2D eigenvalue weighted by atomic mass is 9.75. The van der Waals surface area contributed by atoms with Crippen molar-refractivity contribution >= 4 is 10.9 Å². The SMILES string of the molecule is CCN1CCCC2c3cccc4[nH]cc(c34)CC21. The quantitative estimate of drug-likeness (QED) is 0.810. The van der Waals surface area contributed by atoms with E-state index in [1.54, 1.807) is 5.56 Å². The number of aromatic nitrogens is 1. The van der Waals surface area contributed by atoms with Gasteiger partial charge >= 0.3 is 0 Å². The average Bonchev–Trinajstić information content (AvgIpc) is 2.83. The Bertz CT molecular complexity index is 584. The molecule has 1 saturated heterocycles. The summed E-state index contributed by atoms with van der Waals surface area (Å²) in [5.74, 6) is 0.755. The molecule has 0 bridgehead atoms. The van der Waals surface area contributed by atoms with E-state index < -0.39 is 0 Å². The minimum atomic E-state index is 0.734. The third kappa shape index (κ3) is 1.33. The van der Waals surface area contributed by atoms with Gasteiger partial charge in [0.05, 0.1) is 0 Å². The van der Waals surface area contributed by atoms with Crippen LogP contribution in [0.25, 0.3) is 10.9 Å². The molecule has 1 aromatic heterocycles. The molecule has 2 unspecified atom stereocenters.